The normalized spacial score (nSPS) is 11.7. The lowest BCUT2D eigenvalue weighted by Gasteiger charge is -2.23. The molecule has 9 nitrogen and oxygen atoms in total. The molecule has 0 aliphatic carbocycles. The average molecular weight is 491 g/mol. The Kier molecular flexibility index (Phi) is 8.09. The van der Waals surface area contributed by atoms with Crippen LogP contribution in [-0.4, -0.2) is 41.0 Å². The second-order valence-corrected chi connectivity index (χ2v) is 10.8. The van der Waals surface area contributed by atoms with Gasteiger partial charge in [-0.05, 0) is 44.1 Å². The van der Waals surface area contributed by atoms with Crippen molar-refractivity contribution in [2.24, 2.45) is 0 Å². The lowest BCUT2D eigenvalue weighted by molar-refractivity contribution is -0.385. The van der Waals surface area contributed by atoms with E-state index >= 15 is 0 Å². The van der Waals surface area contributed by atoms with Gasteiger partial charge in [-0.2, -0.15) is 0 Å². The van der Waals surface area contributed by atoms with Crippen LogP contribution in [0.5, 0.6) is 0 Å². The van der Waals surface area contributed by atoms with E-state index in [1.54, 1.807) is 36.4 Å². The third-order valence-corrected chi connectivity index (χ3v) is 6.67. The van der Waals surface area contributed by atoms with Gasteiger partial charge in [-0.25, -0.2) is 0 Å². The number of benzene rings is 3. The molecule has 0 amide bonds. The number of rotatable bonds is 9. The Balaban J connectivity index is 2.26. The van der Waals surface area contributed by atoms with E-state index < -0.39 is 21.5 Å². The molecule has 0 saturated carbocycles. The van der Waals surface area contributed by atoms with Gasteiger partial charge in [0.15, 0.2) is 0 Å². The highest BCUT2D eigenvalue weighted by atomic mass is 31.1. The second-order valence-electron chi connectivity index (χ2n) is 8.37. The summed E-state index contributed by atoms with van der Waals surface area (Å²) < 4.78 is 0. The van der Waals surface area contributed by atoms with Crippen LogP contribution < -0.4 is 10.9 Å². The molecule has 0 atom stereocenters. The maximum Gasteiger partial charge on any atom is 0.269 e. The first kappa shape index (κ1) is 25.7. The fourth-order valence-corrected chi connectivity index (χ4v) is 5.20. The van der Waals surface area contributed by atoms with Gasteiger partial charge in [0.25, 0.3) is 17.1 Å². The van der Waals surface area contributed by atoms with Gasteiger partial charge in [-0.3, -0.25) is 30.3 Å². The van der Waals surface area contributed by atoms with Gasteiger partial charge in [0, 0.05) is 36.4 Å². The lowest BCUT2D eigenvalue weighted by Crippen LogP contribution is -2.44. The first-order valence-electron chi connectivity index (χ1n) is 10.7. The highest BCUT2D eigenvalue weighted by Crippen LogP contribution is 2.33. The van der Waals surface area contributed by atoms with Gasteiger partial charge < -0.3 is 0 Å². The van der Waals surface area contributed by atoms with Gasteiger partial charge in [-0.1, -0.05) is 46.2 Å². The van der Waals surface area contributed by atoms with Crippen molar-refractivity contribution >= 4 is 48.1 Å². The van der Waals surface area contributed by atoms with Crippen LogP contribution in [0.25, 0.3) is 5.47 Å². The monoisotopic (exact) mass is 491 g/mol. The maximum absolute atomic E-state index is 11.2. The molecule has 0 radical (unpaired) electrons. The minimum atomic E-state index is -0.468. The number of non-ortho nitro benzene ring substituents is 3. The summed E-state index contributed by atoms with van der Waals surface area (Å²) in [5, 5.41) is 33.6. The summed E-state index contributed by atoms with van der Waals surface area (Å²) in [4.78, 5) is 32.2. The third-order valence-electron chi connectivity index (χ3n) is 5.57. The summed E-state index contributed by atoms with van der Waals surface area (Å²) in [7, 11) is -0.314. The van der Waals surface area contributed by atoms with E-state index in [1.165, 1.54) is 36.4 Å². The molecule has 0 saturated heterocycles. The predicted molar refractivity (Wildman–Crippen MR) is 141 cm³/mol. The molecule has 3 aromatic carbocycles. The van der Waals surface area contributed by atoms with Crippen molar-refractivity contribution in [2.75, 3.05) is 19.5 Å². The lowest BCUT2D eigenvalue weighted by atomic mass is 9.34. The molecule has 35 heavy (non-hydrogen) atoms. The molecular formula is C24H23BN3O6P. The molecular weight excluding hydrogens is 468 g/mol. The highest BCUT2D eigenvalue weighted by Gasteiger charge is 2.28. The molecule has 3 aromatic rings. The Morgan fingerprint density at radius 1 is 0.686 bits per heavy atom. The van der Waals surface area contributed by atoms with Gasteiger partial charge in [0.2, 0.25) is 6.71 Å². The maximum atomic E-state index is 11.2. The molecule has 0 heterocycles. The number of hydrogen-bond donors (Lipinski definition) is 0. The molecule has 0 bridgehead atoms. The zero-order valence-electron chi connectivity index (χ0n) is 19.5. The Morgan fingerprint density at radius 2 is 1.03 bits per heavy atom. The molecule has 0 fully saturated rings. The minimum absolute atomic E-state index is 0.0267. The Hall–Kier alpha value is -3.91. The number of nitrogens with zero attached hydrogens (tertiary/aromatic N) is 3. The van der Waals surface area contributed by atoms with Crippen molar-refractivity contribution in [3.63, 3.8) is 0 Å². The number of allylic oxidation sites excluding steroid dienone is 1. The Bertz CT molecular complexity index is 1220. The number of nitro groups is 3. The minimum Gasteiger partial charge on any atom is -0.258 e. The van der Waals surface area contributed by atoms with E-state index in [2.05, 4.69) is 13.3 Å². The van der Waals surface area contributed by atoms with Gasteiger partial charge >= 0.3 is 0 Å². The molecule has 0 unspecified atom stereocenters. The van der Waals surface area contributed by atoms with Crippen molar-refractivity contribution in [1.82, 2.24) is 0 Å². The topological polar surface area (TPSA) is 129 Å². The number of nitro benzene ring substituents is 3. The van der Waals surface area contributed by atoms with E-state index in [-0.39, 0.29) is 25.0 Å². The van der Waals surface area contributed by atoms with Crippen molar-refractivity contribution in [3.05, 3.63) is 114 Å². The fourth-order valence-electron chi connectivity index (χ4n) is 4.08. The van der Waals surface area contributed by atoms with Crippen molar-refractivity contribution in [3.8, 4) is 0 Å². The Labute approximate surface area is 203 Å². The van der Waals surface area contributed by atoms with Crippen LogP contribution in [0.3, 0.4) is 0 Å². The molecule has 0 spiro atoms. The smallest absolute Gasteiger partial charge is 0.258 e. The molecule has 11 heteroatoms. The van der Waals surface area contributed by atoms with Crippen LogP contribution in [0.4, 0.5) is 17.1 Å². The average Bonchev–Trinajstić information content (AvgIpc) is 2.82. The molecule has 0 aliphatic heterocycles. The molecule has 178 valence electrons. The summed E-state index contributed by atoms with van der Waals surface area (Å²) >= 11 is 0. The molecule has 3 rings (SSSR count). The van der Waals surface area contributed by atoms with Crippen LogP contribution in [0.15, 0.2) is 78.4 Å². The predicted octanol–water partition coefficient (Wildman–Crippen LogP) is 4.77. The van der Waals surface area contributed by atoms with Crippen molar-refractivity contribution in [1.29, 1.82) is 0 Å². The first-order chi connectivity index (χ1) is 16.6. The summed E-state index contributed by atoms with van der Waals surface area (Å²) in [6.45, 7) is 5.93. The van der Waals surface area contributed by atoms with Crippen LogP contribution in [-0.2, 0) is 0 Å². The standard InChI is InChI=1S/C24H23BN3O6P/c1-17(16-35(2)3)24(18-4-10-21(11-5-18)26(29)30)25(19-6-12-22(13-7-19)27(31)32)20-8-14-23(15-9-20)28(33)34/h4-15H,16H2,1-3H3/b24-17-. The Morgan fingerprint density at radius 3 is 1.34 bits per heavy atom. The molecule has 0 N–H and O–H groups in total. The van der Waals surface area contributed by atoms with Crippen LogP contribution in [0.1, 0.15) is 12.5 Å². The zero-order valence-corrected chi connectivity index (χ0v) is 20.3. The van der Waals surface area contributed by atoms with E-state index in [1.807, 2.05) is 6.92 Å². The quantitative estimate of drug-likeness (QED) is 0.183. The SMILES string of the molecule is C/C(CP(C)C)=C(/B(c1ccc([N+](=O)[O-])cc1)c1ccc([N+](=O)[O-])cc1)c1ccc([N+](=O)[O-])cc1. The third kappa shape index (κ3) is 6.16. The zero-order chi connectivity index (χ0) is 25.7. The summed E-state index contributed by atoms with van der Waals surface area (Å²) in [6.07, 6.45) is 0.818. The van der Waals surface area contributed by atoms with E-state index in [9.17, 15) is 30.3 Å². The fraction of sp³-hybridized carbons (Fsp3) is 0.167. The van der Waals surface area contributed by atoms with E-state index in [0.717, 1.165) is 33.7 Å². The van der Waals surface area contributed by atoms with Crippen molar-refractivity contribution in [2.45, 2.75) is 6.92 Å². The molecule has 0 aliphatic rings. The van der Waals surface area contributed by atoms with Gasteiger partial charge in [0.1, 0.15) is 0 Å². The number of hydrogen-bond acceptors (Lipinski definition) is 6. The van der Waals surface area contributed by atoms with Crippen LogP contribution >= 0.6 is 7.92 Å². The van der Waals surface area contributed by atoms with E-state index in [0.29, 0.717) is 0 Å². The van der Waals surface area contributed by atoms with Crippen molar-refractivity contribution < 1.29 is 14.8 Å². The largest absolute Gasteiger partial charge is 0.269 e. The van der Waals surface area contributed by atoms with Crippen LogP contribution in [0, 0.1) is 30.3 Å². The highest BCUT2D eigenvalue weighted by molar-refractivity contribution is 7.56. The van der Waals surface area contributed by atoms with Gasteiger partial charge in [-0.15, -0.1) is 7.92 Å². The van der Waals surface area contributed by atoms with Crippen LogP contribution in [0.2, 0.25) is 0 Å². The van der Waals surface area contributed by atoms with E-state index in [4.69, 9.17) is 0 Å². The van der Waals surface area contributed by atoms with Gasteiger partial charge in [0.05, 0.1) is 14.8 Å². The first-order valence-corrected chi connectivity index (χ1v) is 13.1. The molecule has 0 aromatic heterocycles. The second kappa shape index (κ2) is 11.0. The summed E-state index contributed by atoms with van der Waals surface area (Å²) in [5.41, 5.74) is 4.21. The summed E-state index contributed by atoms with van der Waals surface area (Å²) in [6, 6.07) is 18.8. The summed E-state index contributed by atoms with van der Waals surface area (Å²) in [5.74, 6) is 0.